The number of rotatable bonds is 1. The molecule has 22 heavy (non-hydrogen) atoms. The number of hydrogen-bond acceptors (Lipinski definition) is 2. The molecule has 4 heteroatoms. The van der Waals surface area contributed by atoms with Crippen molar-refractivity contribution in [1.29, 1.82) is 0 Å². The summed E-state index contributed by atoms with van der Waals surface area (Å²) in [5.74, 6) is 0.0370. The van der Waals surface area contributed by atoms with Crippen molar-refractivity contribution in [3.63, 3.8) is 0 Å². The summed E-state index contributed by atoms with van der Waals surface area (Å²) in [6.45, 7) is 0. The number of ketones is 1. The van der Waals surface area contributed by atoms with Crippen LogP contribution in [0.25, 0.3) is 0 Å². The Morgan fingerprint density at radius 3 is 2.59 bits per heavy atom. The van der Waals surface area contributed by atoms with Crippen molar-refractivity contribution in [2.75, 3.05) is 4.90 Å². The summed E-state index contributed by atoms with van der Waals surface area (Å²) in [4.78, 5) is 26.8. The molecule has 2 aromatic rings. The molecule has 0 radical (unpaired) electrons. The van der Waals surface area contributed by atoms with E-state index in [9.17, 15) is 9.59 Å². The van der Waals surface area contributed by atoms with Crippen molar-refractivity contribution in [1.82, 2.24) is 0 Å². The van der Waals surface area contributed by atoms with E-state index >= 15 is 0 Å². The fourth-order valence-electron chi connectivity index (χ4n) is 3.61. The highest BCUT2D eigenvalue weighted by molar-refractivity contribution is 6.30. The quantitative estimate of drug-likeness (QED) is 0.810. The van der Waals surface area contributed by atoms with E-state index in [1.165, 1.54) is 0 Å². The highest BCUT2D eigenvalue weighted by Gasteiger charge is 2.48. The second-order valence-corrected chi connectivity index (χ2v) is 6.28. The molecular weight excluding hydrogens is 298 g/mol. The molecule has 2 aliphatic rings. The van der Waals surface area contributed by atoms with Crippen molar-refractivity contribution < 1.29 is 9.59 Å². The first kappa shape index (κ1) is 13.5. The second kappa shape index (κ2) is 4.96. The van der Waals surface area contributed by atoms with Crippen LogP contribution in [0.4, 0.5) is 5.69 Å². The summed E-state index contributed by atoms with van der Waals surface area (Å²) in [6, 6.07) is 14.8. The first-order valence-electron chi connectivity index (χ1n) is 7.33. The van der Waals surface area contributed by atoms with Gasteiger partial charge < -0.3 is 4.90 Å². The Hall–Kier alpha value is -2.13. The van der Waals surface area contributed by atoms with Crippen LogP contribution in [0.15, 0.2) is 48.5 Å². The standard InChI is InChI=1S/C18H14ClNO2/c19-13-6-7-15-12(8-13)9-16(21)18-14(10-17(22)20(15)18)11-4-2-1-3-5-11/h1-8,14,18H,9-10H2/t14-,18+/m0/s1. The average molecular weight is 312 g/mol. The van der Waals surface area contributed by atoms with Crippen LogP contribution in [0.5, 0.6) is 0 Å². The fourth-order valence-corrected chi connectivity index (χ4v) is 3.80. The van der Waals surface area contributed by atoms with Crippen molar-refractivity contribution >= 4 is 29.0 Å². The third-order valence-electron chi connectivity index (χ3n) is 4.55. The van der Waals surface area contributed by atoms with Crippen molar-refractivity contribution in [3.8, 4) is 0 Å². The first-order chi connectivity index (χ1) is 10.6. The predicted molar refractivity (Wildman–Crippen MR) is 85.2 cm³/mol. The average Bonchev–Trinajstić information content (AvgIpc) is 2.87. The highest BCUT2D eigenvalue weighted by Crippen LogP contribution is 2.43. The number of Topliss-reactive ketones (excluding diaryl/α,β-unsaturated/α-hetero) is 1. The van der Waals surface area contributed by atoms with Gasteiger partial charge in [-0.05, 0) is 29.3 Å². The zero-order valence-electron chi connectivity index (χ0n) is 11.8. The summed E-state index contributed by atoms with van der Waals surface area (Å²) < 4.78 is 0. The van der Waals surface area contributed by atoms with Gasteiger partial charge in [-0.25, -0.2) is 0 Å². The van der Waals surface area contributed by atoms with Crippen LogP contribution in [0, 0.1) is 0 Å². The Morgan fingerprint density at radius 2 is 1.82 bits per heavy atom. The number of benzene rings is 2. The number of carbonyl (C=O) groups excluding carboxylic acids is 2. The van der Waals surface area contributed by atoms with Gasteiger partial charge in [0, 0.05) is 29.5 Å². The summed E-state index contributed by atoms with van der Waals surface area (Å²) in [6.07, 6.45) is 0.718. The maximum atomic E-state index is 12.6. The van der Waals surface area contributed by atoms with Crippen molar-refractivity contribution in [2.45, 2.75) is 24.8 Å². The van der Waals surface area contributed by atoms with Gasteiger partial charge in [0.1, 0.15) is 6.04 Å². The lowest BCUT2D eigenvalue weighted by Gasteiger charge is -2.33. The van der Waals surface area contributed by atoms with Crippen LogP contribution in [0.3, 0.4) is 0 Å². The summed E-state index contributed by atoms with van der Waals surface area (Å²) in [5.41, 5.74) is 2.72. The lowest BCUT2D eigenvalue weighted by Crippen LogP contribution is -2.45. The Bertz CT molecular complexity index is 772. The number of halogens is 1. The zero-order chi connectivity index (χ0) is 15.3. The molecule has 2 heterocycles. The molecule has 1 saturated heterocycles. The second-order valence-electron chi connectivity index (χ2n) is 5.85. The summed E-state index contributed by atoms with van der Waals surface area (Å²) in [5, 5.41) is 0.594. The minimum absolute atomic E-state index is 0.00970. The fraction of sp³-hybridized carbons (Fsp3) is 0.222. The molecule has 0 spiro atoms. The van der Waals surface area contributed by atoms with Crippen LogP contribution < -0.4 is 4.90 Å². The van der Waals surface area contributed by atoms with Crippen molar-refractivity contribution in [2.24, 2.45) is 0 Å². The number of hydrogen-bond donors (Lipinski definition) is 0. The molecule has 0 aromatic heterocycles. The molecule has 0 bridgehead atoms. The molecule has 1 fully saturated rings. The van der Waals surface area contributed by atoms with Crippen LogP contribution >= 0.6 is 11.6 Å². The molecule has 4 rings (SSSR count). The predicted octanol–water partition coefficient (Wildman–Crippen LogP) is 3.35. The van der Waals surface area contributed by atoms with Gasteiger partial charge in [-0.3, -0.25) is 9.59 Å². The van der Waals surface area contributed by atoms with Gasteiger partial charge in [0.25, 0.3) is 0 Å². The van der Waals surface area contributed by atoms with Gasteiger partial charge in [-0.1, -0.05) is 41.9 Å². The summed E-state index contributed by atoms with van der Waals surface area (Å²) >= 11 is 6.01. The molecular formula is C18H14ClNO2. The van der Waals surface area contributed by atoms with E-state index in [2.05, 4.69) is 0 Å². The van der Waals surface area contributed by atoms with E-state index in [4.69, 9.17) is 11.6 Å². The maximum absolute atomic E-state index is 12.6. The zero-order valence-corrected chi connectivity index (χ0v) is 12.6. The summed E-state index contributed by atoms with van der Waals surface area (Å²) in [7, 11) is 0. The molecule has 0 aliphatic carbocycles. The van der Waals surface area contributed by atoms with Crippen molar-refractivity contribution in [3.05, 3.63) is 64.7 Å². The first-order valence-corrected chi connectivity index (χ1v) is 7.71. The molecule has 2 aromatic carbocycles. The SMILES string of the molecule is O=C1Cc2cc(Cl)ccc2N2C(=O)C[C@@H](c3ccccc3)[C@H]12. The van der Waals surface area contributed by atoms with Gasteiger partial charge in [0.15, 0.2) is 5.78 Å². The molecule has 0 N–H and O–H groups in total. The van der Waals surface area contributed by atoms with E-state index in [1.807, 2.05) is 36.4 Å². The normalized spacial score (nSPS) is 23.4. The van der Waals surface area contributed by atoms with E-state index in [-0.39, 0.29) is 23.7 Å². The smallest absolute Gasteiger partial charge is 0.228 e. The lowest BCUT2D eigenvalue weighted by atomic mass is 9.85. The van der Waals surface area contributed by atoms with Crippen LogP contribution in [0.1, 0.15) is 23.5 Å². The largest absolute Gasteiger partial charge is 0.301 e. The molecule has 3 nitrogen and oxygen atoms in total. The maximum Gasteiger partial charge on any atom is 0.228 e. The number of carbonyl (C=O) groups is 2. The van der Waals surface area contributed by atoms with E-state index in [0.717, 1.165) is 16.8 Å². The number of fused-ring (bicyclic) bond motifs is 3. The monoisotopic (exact) mass is 311 g/mol. The lowest BCUT2D eigenvalue weighted by molar-refractivity contribution is -0.122. The van der Waals surface area contributed by atoms with Crippen LogP contribution in [-0.4, -0.2) is 17.7 Å². The molecule has 110 valence electrons. The van der Waals surface area contributed by atoms with Gasteiger partial charge in [-0.2, -0.15) is 0 Å². The Labute approximate surface area is 133 Å². The minimum atomic E-state index is -0.386. The Balaban J connectivity index is 1.81. The number of amides is 1. The Kier molecular flexibility index (Phi) is 3.05. The minimum Gasteiger partial charge on any atom is -0.301 e. The molecule has 2 atom stereocenters. The molecule has 0 unspecified atom stereocenters. The highest BCUT2D eigenvalue weighted by atomic mass is 35.5. The van der Waals surface area contributed by atoms with Gasteiger partial charge in [0.05, 0.1) is 0 Å². The van der Waals surface area contributed by atoms with Gasteiger partial charge in [-0.15, -0.1) is 0 Å². The van der Waals surface area contributed by atoms with E-state index < -0.39 is 0 Å². The van der Waals surface area contributed by atoms with Gasteiger partial charge in [0.2, 0.25) is 5.91 Å². The van der Waals surface area contributed by atoms with Crippen LogP contribution in [-0.2, 0) is 16.0 Å². The molecule has 0 saturated carbocycles. The Morgan fingerprint density at radius 1 is 1.05 bits per heavy atom. The van der Waals surface area contributed by atoms with Crippen LogP contribution in [0.2, 0.25) is 5.02 Å². The number of nitrogens with zero attached hydrogens (tertiary/aromatic N) is 1. The molecule has 1 amide bonds. The third-order valence-corrected chi connectivity index (χ3v) is 4.78. The van der Waals surface area contributed by atoms with E-state index in [1.54, 1.807) is 17.0 Å². The number of anilines is 1. The third kappa shape index (κ3) is 1.97. The van der Waals surface area contributed by atoms with E-state index in [0.29, 0.717) is 17.9 Å². The topological polar surface area (TPSA) is 37.4 Å². The van der Waals surface area contributed by atoms with Gasteiger partial charge >= 0.3 is 0 Å². The molecule has 2 aliphatic heterocycles.